The molecule has 2 atom stereocenters. The molecule has 0 radical (unpaired) electrons. The van der Waals surface area contributed by atoms with Crippen molar-refractivity contribution in [2.45, 2.75) is 12.7 Å². The number of benzene rings is 2. The molecule has 0 aliphatic carbocycles. The fourth-order valence-electron chi connectivity index (χ4n) is 3.49. The highest BCUT2D eigenvalue weighted by Crippen LogP contribution is 2.30. The maximum absolute atomic E-state index is 13.3. The molecule has 0 aromatic heterocycles. The SMILES string of the molecule is COc1cccc(CNC(=O)C2=CC3C=CC(=O)N(c4ccc(F)cc4)C3N2)c1. The van der Waals surface area contributed by atoms with E-state index in [4.69, 9.17) is 4.74 Å². The third-order valence-corrected chi connectivity index (χ3v) is 4.94. The summed E-state index contributed by atoms with van der Waals surface area (Å²) in [7, 11) is 1.59. The van der Waals surface area contributed by atoms with Crippen molar-refractivity contribution in [2.24, 2.45) is 5.92 Å². The number of amides is 2. The van der Waals surface area contributed by atoms with Crippen molar-refractivity contribution < 1.29 is 18.7 Å². The second-order valence-corrected chi connectivity index (χ2v) is 6.82. The van der Waals surface area contributed by atoms with Gasteiger partial charge in [0.05, 0.1) is 12.8 Å². The Balaban J connectivity index is 1.46. The number of hydrogen-bond acceptors (Lipinski definition) is 4. The van der Waals surface area contributed by atoms with Crippen LogP contribution in [0.3, 0.4) is 0 Å². The first-order valence-electron chi connectivity index (χ1n) is 9.21. The van der Waals surface area contributed by atoms with Crippen molar-refractivity contribution in [3.05, 3.63) is 83.8 Å². The Labute approximate surface area is 167 Å². The second kappa shape index (κ2) is 7.79. The van der Waals surface area contributed by atoms with Crippen molar-refractivity contribution in [3.8, 4) is 5.75 Å². The summed E-state index contributed by atoms with van der Waals surface area (Å²) in [4.78, 5) is 26.6. The van der Waals surface area contributed by atoms with Gasteiger partial charge in [-0.2, -0.15) is 0 Å². The Bertz CT molecular complexity index is 1000. The molecule has 2 unspecified atom stereocenters. The summed E-state index contributed by atoms with van der Waals surface area (Å²) in [6.07, 6.45) is 4.60. The minimum absolute atomic E-state index is 0.157. The van der Waals surface area contributed by atoms with E-state index in [1.165, 1.54) is 23.1 Å². The van der Waals surface area contributed by atoms with Crippen LogP contribution >= 0.6 is 0 Å². The van der Waals surface area contributed by atoms with Crippen LogP contribution in [0, 0.1) is 11.7 Å². The highest BCUT2D eigenvalue weighted by Gasteiger charge is 2.38. The molecule has 7 heteroatoms. The first kappa shape index (κ1) is 18.7. The summed E-state index contributed by atoms with van der Waals surface area (Å²) >= 11 is 0. The molecule has 0 fully saturated rings. The largest absolute Gasteiger partial charge is 0.497 e. The Hall–Kier alpha value is -3.61. The molecule has 29 heavy (non-hydrogen) atoms. The van der Waals surface area contributed by atoms with Crippen LogP contribution in [0.25, 0.3) is 0 Å². The second-order valence-electron chi connectivity index (χ2n) is 6.82. The molecular formula is C22H20FN3O3. The lowest BCUT2D eigenvalue weighted by Crippen LogP contribution is -2.51. The summed E-state index contributed by atoms with van der Waals surface area (Å²) in [6, 6.07) is 13.2. The number of hydrogen-bond donors (Lipinski definition) is 2. The summed E-state index contributed by atoms with van der Waals surface area (Å²) in [5.74, 6) is -0.297. The van der Waals surface area contributed by atoms with Crippen molar-refractivity contribution in [1.29, 1.82) is 0 Å². The molecule has 2 aliphatic heterocycles. The fraction of sp³-hybridized carbons (Fsp3) is 0.182. The zero-order valence-corrected chi connectivity index (χ0v) is 15.8. The minimum atomic E-state index is -0.435. The Morgan fingerprint density at radius 1 is 1.24 bits per heavy atom. The lowest BCUT2D eigenvalue weighted by Gasteiger charge is -2.34. The number of carbonyl (C=O) groups is 2. The van der Waals surface area contributed by atoms with Crippen molar-refractivity contribution in [1.82, 2.24) is 10.6 Å². The maximum Gasteiger partial charge on any atom is 0.267 e. The number of rotatable bonds is 5. The lowest BCUT2D eigenvalue weighted by atomic mass is 10.0. The van der Waals surface area contributed by atoms with E-state index < -0.39 is 6.17 Å². The number of ether oxygens (including phenoxy) is 1. The Kier molecular flexibility index (Phi) is 5.03. The molecular weight excluding hydrogens is 373 g/mol. The molecule has 2 aromatic rings. The summed E-state index contributed by atoms with van der Waals surface area (Å²) in [5.41, 5.74) is 1.88. The van der Waals surface area contributed by atoms with E-state index in [1.54, 1.807) is 31.4 Å². The van der Waals surface area contributed by atoms with Crippen LogP contribution in [-0.2, 0) is 16.1 Å². The maximum atomic E-state index is 13.3. The predicted octanol–water partition coefficient (Wildman–Crippen LogP) is 2.48. The normalized spacial score (nSPS) is 20.0. The van der Waals surface area contributed by atoms with Gasteiger partial charge in [-0.1, -0.05) is 18.2 Å². The van der Waals surface area contributed by atoms with E-state index in [0.717, 1.165) is 11.3 Å². The molecule has 0 saturated heterocycles. The zero-order chi connectivity index (χ0) is 20.4. The van der Waals surface area contributed by atoms with E-state index in [1.807, 2.05) is 24.3 Å². The van der Waals surface area contributed by atoms with Crippen LogP contribution in [0.5, 0.6) is 5.75 Å². The quantitative estimate of drug-likeness (QED) is 0.819. The van der Waals surface area contributed by atoms with Gasteiger partial charge in [-0.3, -0.25) is 14.5 Å². The molecule has 6 nitrogen and oxygen atoms in total. The van der Waals surface area contributed by atoms with Crippen LogP contribution in [0.1, 0.15) is 5.56 Å². The predicted molar refractivity (Wildman–Crippen MR) is 106 cm³/mol. The summed E-state index contributed by atoms with van der Waals surface area (Å²) in [5, 5.41) is 6.00. The zero-order valence-electron chi connectivity index (χ0n) is 15.8. The molecule has 0 spiro atoms. The first-order valence-corrected chi connectivity index (χ1v) is 9.21. The molecule has 0 saturated carbocycles. The van der Waals surface area contributed by atoms with Gasteiger partial charge < -0.3 is 15.4 Å². The molecule has 4 rings (SSSR count). The van der Waals surface area contributed by atoms with Gasteiger partial charge in [0, 0.05) is 24.2 Å². The van der Waals surface area contributed by atoms with Gasteiger partial charge in [-0.05, 0) is 48.0 Å². The van der Waals surface area contributed by atoms with Gasteiger partial charge in [-0.25, -0.2) is 4.39 Å². The Morgan fingerprint density at radius 2 is 2.03 bits per heavy atom. The van der Waals surface area contributed by atoms with Crippen molar-refractivity contribution >= 4 is 17.5 Å². The Morgan fingerprint density at radius 3 is 2.79 bits per heavy atom. The van der Waals surface area contributed by atoms with Gasteiger partial charge in [-0.15, -0.1) is 0 Å². The van der Waals surface area contributed by atoms with Gasteiger partial charge >= 0.3 is 0 Å². The van der Waals surface area contributed by atoms with Gasteiger partial charge in [0.2, 0.25) is 0 Å². The van der Waals surface area contributed by atoms with Gasteiger partial charge in [0.15, 0.2) is 0 Å². The fourth-order valence-corrected chi connectivity index (χ4v) is 3.49. The van der Waals surface area contributed by atoms with Crippen LogP contribution in [0.2, 0.25) is 0 Å². The van der Waals surface area contributed by atoms with Crippen molar-refractivity contribution in [3.63, 3.8) is 0 Å². The van der Waals surface area contributed by atoms with E-state index in [9.17, 15) is 14.0 Å². The standard InChI is InChI=1S/C22H20FN3O3/c1-29-18-4-2-3-14(11-18)13-24-22(28)19-12-15-5-10-20(27)26(21(15)25-19)17-8-6-16(23)7-9-17/h2-12,15,21,25H,13H2,1H3,(H,24,28). The number of carbonyl (C=O) groups excluding carboxylic acids is 2. The van der Waals surface area contributed by atoms with E-state index >= 15 is 0 Å². The number of fused-ring (bicyclic) bond motifs is 1. The minimum Gasteiger partial charge on any atom is -0.497 e. The number of nitrogens with zero attached hydrogens (tertiary/aromatic N) is 1. The molecule has 148 valence electrons. The molecule has 2 aromatic carbocycles. The van der Waals surface area contributed by atoms with Crippen LogP contribution in [-0.4, -0.2) is 25.1 Å². The highest BCUT2D eigenvalue weighted by atomic mass is 19.1. The van der Waals surface area contributed by atoms with Crippen LogP contribution < -0.4 is 20.3 Å². The highest BCUT2D eigenvalue weighted by molar-refractivity contribution is 6.04. The summed E-state index contributed by atoms with van der Waals surface area (Å²) in [6.45, 7) is 0.348. The smallest absolute Gasteiger partial charge is 0.267 e. The molecule has 2 heterocycles. The van der Waals surface area contributed by atoms with Crippen molar-refractivity contribution in [2.75, 3.05) is 12.0 Å². The van der Waals surface area contributed by atoms with Gasteiger partial charge in [0.25, 0.3) is 11.8 Å². The first-order chi connectivity index (χ1) is 14.0. The number of anilines is 1. The van der Waals surface area contributed by atoms with E-state index in [2.05, 4.69) is 10.6 Å². The third kappa shape index (κ3) is 3.85. The summed E-state index contributed by atoms with van der Waals surface area (Å²) < 4.78 is 18.4. The number of halogens is 1. The average molecular weight is 393 g/mol. The monoisotopic (exact) mass is 393 g/mol. The molecule has 2 aliphatic rings. The third-order valence-electron chi connectivity index (χ3n) is 4.94. The molecule has 2 N–H and O–H groups in total. The molecule has 0 bridgehead atoms. The number of methoxy groups -OCH3 is 1. The van der Waals surface area contributed by atoms with Gasteiger partial charge in [0.1, 0.15) is 17.7 Å². The number of nitrogens with one attached hydrogen (secondary N) is 2. The van der Waals surface area contributed by atoms with E-state index in [-0.39, 0.29) is 23.5 Å². The topological polar surface area (TPSA) is 70.7 Å². The van der Waals surface area contributed by atoms with E-state index in [0.29, 0.717) is 17.9 Å². The molecule has 2 amide bonds. The van der Waals surface area contributed by atoms with Crippen LogP contribution in [0.15, 0.2) is 72.5 Å². The van der Waals surface area contributed by atoms with Crippen LogP contribution in [0.4, 0.5) is 10.1 Å². The average Bonchev–Trinajstić information content (AvgIpc) is 3.17. The lowest BCUT2D eigenvalue weighted by molar-refractivity contribution is -0.118.